The molecule has 2 N–H and O–H groups in total. The summed E-state index contributed by atoms with van der Waals surface area (Å²) in [5.74, 6) is 0.259. The maximum atomic E-state index is 11.4. The molecular formula is C8H16N2O3S. The molecule has 1 atom stereocenters. The van der Waals surface area contributed by atoms with Gasteiger partial charge in [-0.2, -0.15) is 0 Å². The molecule has 0 aromatic carbocycles. The van der Waals surface area contributed by atoms with Crippen molar-refractivity contribution < 1.29 is 13.2 Å². The summed E-state index contributed by atoms with van der Waals surface area (Å²) in [4.78, 5) is 11.0. The van der Waals surface area contributed by atoms with Crippen LogP contribution in [0, 0.1) is 0 Å². The van der Waals surface area contributed by atoms with E-state index in [-0.39, 0.29) is 23.6 Å². The number of rotatable bonds is 3. The van der Waals surface area contributed by atoms with Gasteiger partial charge in [-0.1, -0.05) is 0 Å². The van der Waals surface area contributed by atoms with Gasteiger partial charge in [0.25, 0.3) is 0 Å². The summed E-state index contributed by atoms with van der Waals surface area (Å²) >= 11 is 0. The maximum Gasteiger partial charge on any atom is 0.314 e. The summed E-state index contributed by atoms with van der Waals surface area (Å²) in [5, 5.41) is 4.72. The van der Waals surface area contributed by atoms with Crippen molar-refractivity contribution in [3.8, 4) is 0 Å². The molecule has 0 spiro atoms. The van der Waals surface area contributed by atoms with Crippen LogP contribution in [0.2, 0.25) is 0 Å². The first kappa shape index (κ1) is 11.3. The molecule has 5 nitrogen and oxygen atoms in total. The third-order valence-corrected chi connectivity index (χ3v) is 4.57. The van der Waals surface area contributed by atoms with Crippen molar-refractivity contribution >= 4 is 15.9 Å². The highest BCUT2D eigenvalue weighted by atomic mass is 32.2. The molecular weight excluding hydrogens is 204 g/mol. The lowest BCUT2D eigenvalue weighted by Gasteiger charge is -2.10. The molecule has 0 radical (unpaired) electrons. The molecule has 0 aromatic rings. The Balaban J connectivity index is 2.35. The molecule has 2 amide bonds. The minimum Gasteiger partial charge on any atom is -0.338 e. The Bertz CT molecular complexity index is 300. The molecule has 1 unspecified atom stereocenters. The van der Waals surface area contributed by atoms with Crippen LogP contribution in [0.25, 0.3) is 0 Å². The van der Waals surface area contributed by atoms with E-state index in [4.69, 9.17) is 0 Å². The van der Waals surface area contributed by atoms with Gasteiger partial charge in [-0.25, -0.2) is 13.2 Å². The number of amides is 2. The summed E-state index contributed by atoms with van der Waals surface area (Å²) in [6.45, 7) is 2.59. The standard InChI is InChI=1S/C8H16N2O3S/c1-2-9-8(11)10-6-7-4-3-5-14(7,12)13/h7H,2-6H2,1H3,(H2,9,10,11). The summed E-state index contributed by atoms with van der Waals surface area (Å²) in [6, 6.07) is -0.297. The molecule has 1 aliphatic rings. The summed E-state index contributed by atoms with van der Waals surface area (Å²) in [5.41, 5.74) is 0. The summed E-state index contributed by atoms with van der Waals surface area (Å²) in [6.07, 6.45) is 1.37. The molecule has 1 rings (SSSR count). The second-order valence-electron chi connectivity index (χ2n) is 3.37. The van der Waals surface area contributed by atoms with E-state index >= 15 is 0 Å². The number of hydrogen-bond donors (Lipinski definition) is 2. The first-order valence-electron chi connectivity index (χ1n) is 4.79. The summed E-state index contributed by atoms with van der Waals surface area (Å²) < 4.78 is 22.7. The molecule has 14 heavy (non-hydrogen) atoms. The lowest BCUT2D eigenvalue weighted by Crippen LogP contribution is -2.40. The lowest BCUT2D eigenvalue weighted by molar-refractivity contribution is 0.241. The highest BCUT2D eigenvalue weighted by Gasteiger charge is 2.31. The van der Waals surface area contributed by atoms with Crippen LogP contribution in [-0.2, 0) is 9.84 Å². The van der Waals surface area contributed by atoms with E-state index in [0.29, 0.717) is 19.4 Å². The van der Waals surface area contributed by atoms with Gasteiger partial charge >= 0.3 is 6.03 Å². The van der Waals surface area contributed by atoms with Crippen LogP contribution < -0.4 is 10.6 Å². The molecule has 1 saturated heterocycles. The van der Waals surface area contributed by atoms with E-state index in [2.05, 4.69) is 10.6 Å². The first-order chi connectivity index (χ1) is 6.56. The van der Waals surface area contributed by atoms with Gasteiger partial charge in [-0.15, -0.1) is 0 Å². The van der Waals surface area contributed by atoms with Gasteiger partial charge in [0.1, 0.15) is 0 Å². The van der Waals surface area contributed by atoms with E-state index in [9.17, 15) is 13.2 Å². The Hall–Kier alpha value is -0.780. The van der Waals surface area contributed by atoms with Gasteiger partial charge in [-0.05, 0) is 19.8 Å². The minimum absolute atomic E-state index is 0.230. The molecule has 6 heteroatoms. The summed E-state index contributed by atoms with van der Waals surface area (Å²) in [7, 11) is -2.94. The highest BCUT2D eigenvalue weighted by molar-refractivity contribution is 7.92. The fourth-order valence-corrected chi connectivity index (χ4v) is 3.28. The lowest BCUT2D eigenvalue weighted by atomic mass is 10.2. The van der Waals surface area contributed by atoms with Crippen molar-refractivity contribution in [1.82, 2.24) is 10.6 Å². The van der Waals surface area contributed by atoms with Crippen molar-refractivity contribution in [2.45, 2.75) is 25.0 Å². The van der Waals surface area contributed by atoms with Gasteiger partial charge < -0.3 is 10.6 Å². The predicted molar refractivity (Wildman–Crippen MR) is 53.9 cm³/mol. The van der Waals surface area contributed by atoms with Crippen LogP contribution in [0.5, 0.6) is 0 Å². The van der Waals surface area contributed by atoms with E-state index in [1.165, 1.54) is 0 Å². The van der Waals surface area contributed by atoms with Crippen LogP contribution in [-0.4, -0.2) is 38.5 Å². The zero-order valence-corrected chi connectivity index (χ0v) is 9.06. The first-order valence-corrected chi connectivity index (χ1v) is 6.51. The van der Waals surface area contributed by atoms with Crippen molar-refractivity contribution in [3.63, 3.8) is 0 Å². The minimum atomic E-state index is -2.94. The Morgan fingerprint density at radius 1 is 1.43 bits per heavy atom. The molecule has 1 aliphatic heterocycles. The van der Waals surface area contributed by atoms with Crippen LogP contribution in [0.3, 0.4) is 0 Å². The average Bonchev–Trinajstić information content (AvgIpc) is 2.42. The van der Waals surface area contributed by atoms with Crippen LogP contribution in [0.1, 0.15) is 19.8 Å². The van der Waals surface area contributed by atoms with E-state index < -0.39 is 9.84 Å². The van der Waals surface area contributed by atoms with Crippen LogP contribution in [0.4, 0.5) is 4.79 Å². The smallest absolute Gasteiger partial charge is 0.314 e. The van der Waals surface area contributed by atoms with Gasteiger partial charge in [0.05, 0.1) is 11.0 Å². The van der Waals surface area contributed by atoms with Gasteiger partial charge in [0.15, 0.2) is 9.84 Å². The third-order valence-electron chi connectivity index (χ3n) is 2.29. The SMILES string of the molecule is CCNC(=O)NCC1CCCS1(=O)=O. The van der Waals surface area contributed by atoms with Crippen molar-refractivity contribution in [2.24, 2.45) is 0 Å². The second-order valence-corrected chi connectivity index (χ2v) is 5.77. The predicted octanol–water partition coefficient (Wildman–Crippen LogP) is -0.117. The zero-order valence-electron chi connectivity index (χ0n) is 8.25. The number of carbonyl (C=O) groups is 1. The second kappa shape index (κ2) is 4.63. The quantitative estimate of drug-likeness (QED) is 0.696. The zero-order chi connectivity index (χ0) is 10.6. The number of urea groups is 1. The van der Waals surface area contributed by atoms with Crippen molar-refractivity contribution in [3.05, 3.63) is 0 Å². The molecule has 1 heterocycles. The topological polar surface area (TPSA) is 75.3 Å². The Kier molecular flexibility index (Phi) is 3.74. The van der Waals surface area contributed by atoms with E-state index in [1.54, 1.807) is 0 Å². The largest absolute Gasteiger partial charge is 0.338 e. The average molecular weight is 220 g/mol. The molecule has 0 bridgehead atoms. The van der Waals surface area contributed by atoms with Crippen molar-refractivity contribution in [1.29, 1.82) is 0 Å². The monoisotopic (exact) mass is 220 g/mol. The van der Waals surface area contributed by atoms with Gasteiger partial charge in [-0.3, -0.25) is 0 Å². The number of sulfone groups is 1. The number of carbonyl (C=O) groups excluding carboxylic acids is 1. The maximum absolute atomic E-state index is 11.4. The third kappa shape index (κ3) is 2.87. The Labute approximate surface area is 84.2 Å². The molecule has 1 fully saturated rings. The fourth-order valence-electron chi connectivity index (χ4n) is 1.52. The van der Waals surface area contributed by atoms with E-state index in [1.807, 2.05) is 6.92 Å². The number of nitrogens with one attached hydrogen (secondary N) is 2. The number of hydrogen-bond acceptors (Lipinski definition) is 3. The van der Waals surface area contributed by atoms with Crippen LogP contribution in [0.15, 0.2) is 0 Å². The Morgan fingerprint density at radius 3 is 2.64 bits per heavy atom. The van der Waals surface area contributed by atoms with Crippen molar-refractivity contribution in [2.75, 3.05) is 18.8 Å². The normalized spacial score (nSPS) is 24.5. The van der Waals surface area contributed by atoms with E-state index in [0.717, 1.165) is 0 Å². The van der Waals surface area contributed by atoms with Gasteiger partial charge in [0.2, 0.25) is 0 Å². The molecule has 82 valence electrons. The fraction of sp³-hybridized carbons (Fsp3) is 0.875. The highest BCUT2D eigenvalue weighted by Crippen LogP contribution is 2.18. The molecule has 0 aliphatic carbocycles. The van der Waals surface area contributed by atoms with Crippen LogP contribution >= 0.6 is 0 Å². The van der Waals surface area contributed by atoms with Gasteiger partial charge in [0, 0.05) is 13.1 Å². The Morgan fingerprint density at radius 2 is 2.14 bits per heavy atom. The molecule has 0 aromatic heterocycles. The molecule has 0 saturated carbocycles.